The zero-order valence-corrected chi connectivity index (χ0v) is 14.8. The van der Waals surface area contributed by atoms with Gasteiger partial charge in [-0.05, 0) is 58.7 Å². The van der Waals surface area contributed by atoms with Gasteiger partial charge in [0.2, 0.25) is 0 Å². The van der Waals surface area contributed by atoms with Gasteiger partial charge >= 0.3 is 0 Å². The highest BCUT2D eigenvalue weighted by Crippen LogP contribution is 2.38. The van der Waals surface area contributed by atoms with E-state index < -0.39 is 0 Å². The van der Waals surface area contributed by atoms with Crippen LogP contribution in [-0.2, 0) is 12.8 Å². The van der Waals surface area contributed by atoms with Crippen LogP contribution in [0.5, 0.6) is 0 Å². The van der Waals surface area contributed by atoms with Gasteiger partial charge in [0.15, 0.2) is 0 Å². The molecule has 0 aromatic heterocycles. The number of aryl methyl sites for hydroxylation is 1. The zero-order chi connectivity index (χ0) is 17.6. The van der Waals surface area contributed by atoms with Crippen LogP contribution >= 0.6 is 0 Å². The van der Waals surface area contributed by atoms with Crippen molar-refractivity contribution in [2.75, 3.05) is 0 Å². The van der Waals surface area contributed by atoms with E-state index in [4.69, 9.17) is 0 Å². The molecule has 0 N–H and O–H groups in total. The van der Waals surface area contributed by atoms with Crippen LogP contribution in [0.15, 0.2) is 92.0 Å². The molecule has 0 nitrogen and oxygen atoms in total. The molecule has 0 spiro atoms. The molecule has 0 aliphatic heterocycles. The molecule has 0 heteroatoms. The van der Waals surface area contributed by atoms with Gasteiger partial charge in [-0.1, -0.05) is 78.9 Å². The minimum atomic E-state index is 0.873. The lowest BCUT2D eigenvalue weighted by Crippen LogP contribution is -1.96. The summed E-state index contributed by atoms with van der Waals surface area (Å²) in [4.78, 5) is 0. The predicted molar refractivity (Wildman–Crippen MR) is 110 cm³/mol. The molecule has 0 aliphatic rings. The first-order chi connectivity index (χ1) is 12.3. The van der Waals surface area contributed by atoms with Gasteiger partial charge in [0, 0.05) is 0 Å². The van der Waals surface area contributed by atoms with Gasteiger partial charge < -0.3 is 0 Å². The van der Waals surface area contributed by atoms with Gasteiger partial charge in [-0.3, -0.25) is 0 Å². The first-order valence-corrected chi connectivity index (χ1v) is 8.74. The van der Waals surface area contributed by atoms with Gasteiger partial charge in [0.05, 0.1) is 0 Å². The average Bonchev–Trinajstić information content (AvgIpc) is 2.63. The fraction of sp³-hybridized carbons (Fsp3) is 0.120. The summed E-state index contributed by atoms with van der Waals surface area (Å²) in [5, 5.41) is 0. The molecule has 0 bridgehead atoms. The first kappa shape index (κ1) is 17.0. The lowest BCUT2D eigenvalue weighted by atomic mass is 9.86. The van der Waals surface area contributed by atoms with Crippen molar-refractivity contribution in [3.8, 4) is 22.3 Å². The van der Waals surface area contributed by atoms with Gasteiger partial charge in [-0.25, -0.2) is 0 Å². The molecule has 3 rings (SSSR count). The highest BCUT2D eigenvalue weighted by Gasteiger charge is 2.14. The Balaban J connectivity index is 2.28. The fourth-order valence-electron chi connectivity index (χ4n) is 3.46. The third-order valence-electron chi connectivity index (χ3n) is 4.60. The summed E-state index contributed by atoms with van der Waals surface area (Å²) in [6.45, 7) is 10.0. The van der Waals surface area contributed by atoms with E-state index in [0.29, 0.717) is 0 Å². The molecule has 25 heavy (non-hydrogen) atoms. The van der Waals surface area contributed by atoms with Crippen molar-refractivity contribution in [3.05, 3.63) is 109 Å². The molecule has 0 radical (unpaired) electrons. The van der Waals surface area contributed by atoms with Crippen molar-refractivity contribution < 1.29 is 0 Å². The predicted octanol–water partition coefficient (Wildman–Crippen LogP) is 6.79. The smallest absolute Gasteiger partial charge is 0.00731 e. The summed E-state index contributed by atoms with van der Waals surface area (Å²) in [5.41, 5.74) is 9.10. The van der Waals surface area contributed by atoms with Gasteiger partial charge in [-0.15, -0.1) is 13.2 Å². The monoisotopic (exact) mass is 324 g/mol. The molecule has 0 saturated carbocycles. The molecule has 0 heterocycles. The first-order valence-electron chi connectivity index (χ1n) is 8.74. The molecule has 124 valence electrons. The molecular weight excluding hydrogens is 300 g/mol. The summed E-state index contributed by atoms with van der Waals surface area (Å²) in [7, 11) is 0. The summed E-state index contributed by atoms with van der Waals surface area (Å²) < 4.78 is 0. The third-order valence-corrected chi connectivity index (χ3v) is 4.60. The second-order valence-electron chi connectivity index (χ2n) is 6.30. The Hall–Kier alpha value is -2.86. The molecule has 0 fully saturated rings. The Morgan fingerprint density at radius 1 is 0.640 bits per heavy atom. The lowest BCUT2D eigenvalue weighted by Gasteiger charge is -2.18. The quantitative estimate of drug-likeness (QED) is 0.438. The van der Waals surface area contributed by atoms with E-state index in [2.05, 4.69) is 86.8 Å². The Morgan fingerprint density at radius 2 is 1.16 bits per heavy atom. The highest BCUT2D eigenvalue weighted by molar-refractivity contribution is 5.88. The zero-order valence-electron chi connectivity index (χ0n) is 14.8. The summed E-state index contributed by atoms with van der Waals surface area (Å²) in [6.07, 6.45) is 5.69. The Kier molecular flexibility index (Phi) is 5.30. The topological polar surface area (TPSA) is 0 Å². The van der Waals surface area contributed by atoms with Crippen LogP contribution in [0.25, 0.3) is 22.3 Å². The van der Waals surface area contributed by atoms with E-state index in [-0.39, 0.29) is 0 Å². The van der Waals surface area contributed by atoms with E-state index >= 15 is 0 Å². The summed E-state index contributed by atoms with van der Waals surface area (Å²) in [6, 6.07) is 23.8. The van der Waals surface area contributed by atoms with E-state index in [0.717, 1.165) is 12.8 Å². The Morgan fingerprint density at radius 3 is 1.80 bits per heavy atom. The lowest BCUT2D eigenvalue weighted by molar-refractivity contribution is 1.26. The number of hydrogen-bond acceptors (Lipinski definition) is 0. The van der Waals surface area contributed by atoms with Gasteiger partial charge in [-0.2, -0.15) is 0 Å². The van der Waals surface area contributed by atoms with Crippen LogP contribution < -0.4 is 0 Å². The van der Waals surface area contributed by atoms with Crippen LogP contribution in [0.3, 0.4) is 0 Å². The van der Waals surface area contributed by atoms with Gasteiger partial charge in [0.1, 0.15) is 0 Å². The fourth-order valence-corrected chi connectivity index (χ4v) is 3.46. The van der Waals surface area contributed by atoms with Crippen LogP contribution in [0.4, 0.5) is 0 Å². The summed E-state index contributed by atoms with van der Waals surface area (Å²) >= 11 is 0. The second-order valence-corrected chi connectivity index (χ2v) is 6.30. The maximum Gasteiger partial charge on any atom is -0.00731 e. The number of rotatable bonds is 6. The second kappa shape index (κ2) is 7.81. The highest BCUT2D eigenvalue weighted by atomic mass is 14.2. The van der Waals surface area contributed by atoms with Crippen molar-refractivity contribution in [2.24, 2.45) is 0 Å². The van der Waals surface area contributed by atoms with E-state index in [1.54, 1.807) is 0 Å². The van der Waals surface area contributed by atoms with Crippen molar-refractivity contribution in [2.45, 2.75) is 19.8 Å². The average molecular weight is 324 g/mol. The van der Waals surface area contributed by atoms with Crippen molar-refractivity contribution in [3.63, 3.8) is 0 Å². The Bertz CT molecular complexity index is 899. The maximum atomic E-state index is 3.92. The van der Waals surface area contributed by atoms with Crippen LogP contribution in [0.1, 0.15) is 16.7 Å². The molecule has 0 amide bonds. The van der Waals surface area contributed by atoms with Crippen LogP contribution in [-0.4, -0.2) is 0 Å². The molecule has 0 unspecified atom stereocenters. The minimum absolute atomic E-state index is 0.873. The van der Waals surface area contributed by atoms with Crippen molar-refractivity contribution in [1.82, 2.24) is 0 Å². The molecule has 0 atom stereocenters. The standard InChI is InChI=1S/C25H24/c1-4-11-20-14-6-8-16-22(20)24-18-10-13-19(3)25(24)23-17-9-7-15-21(23)12-5-2/h4-10,13-18H,1-2,11-12H2,3H3. The molecular formula is C25H24. The SMILES string of the molecule is C=CCc1ccccc1-c1cccc(C)c1-c1ccccc1CC=C. The Labute approximate surface area is 151 Å². The number of hydrogen-bond donors (Lipinski definition) is 0. The minimum Gasteiger partial charge on any atom is -0.103 e. The van der Waals surface area contributed by atoms with Crippen LogP contribution in [0, 0.1) is 6.92 Å². The number of benzene rings is 3. The van der Waals surface area contributed by atoms with Gasteiger partial charge in [0.25, 0.3) is 0 Å². The number of allylic oxidation sites excluding steroid dienone is 2. The van der Waals surface area contributed by atoms with E-state index in [9.17, 15) is 0 Å². The molecule has 0 aliphatic carbocycles. The van der Waals surface area contributed by atoms with E-state index in [1.165, 1.54) is 38.9 Å². The molecule has 0 saturated heterocycles. The summed E-state index contributed by atoms with van der Waals surface area (Å²) in [5.74, 6) is 0. The maximum absolute atomic E-state index is 3.92. The normalized spacial score (nSPS) is 10.4. The third kappa shape index (κ3) is 3.49. The van der Waals surface area contributed by atoms with Crippen molar-refractivity contribution in [1.29, 1.82) is 0 Å². The van der Waals surface area contributed by atoms with E-state index in [1.807, 2.05) is 12.2 Å². The molecule has 3 aromatic carbocycles. The van der Waals surface area contributed by atoms with Crippen LogP contribution in [0.2, 0.25) is 0 Å². The molecule has 3 aromatic rings. The largest absolute Gasteiger partial charge is 0.103 e. The van der Waals surface area contributed by atoms with Crippen molar-refractivity contribution >= 4 is 0 Å².